The van der Waals surface area contributed by atoms with Gasteiger partial charge in [0.1, 0.15) is 10.6 Å². The molecule has 0 radical (unpaired) electrons. The number of fused-ring (bicyclic) bond motifs is 1. The van der Waals surface area contributed by atoms with Crippen LogP contribution in [0.1, 0.15) is 33.0 Å². The Bertz CT molecular complexity index is 807. The molecule has 9 heteroatoms. The molecule has 0 bridgehead atoms. The highest BCUT2D eigenvalue weighted by Gasteiger charge is 2.31. The van der Waals surface area contributed by atoms with E-state index in [-0.39, 0.29) is 5.69 Å². The van der Waals surface area contributed by atoms with Crippen molar-refractivity contribution in [2.75, 3.05) is 11.9 Å². The van der Waals surface area contributed by atoms with Crippen LogP contribution < -0.4 is 10.1 Å². The van der Waals surface area contributed by atoms with Gasteiger partial charge in [0.25, 0.3) is 5.91 Å². The van der Waals surface area contributed by atoms with Crippen molar-refractivity contribution in [1.29, 1.82) is 0 Å². The predicted octanol–water partition coefficient (Wildman–Crippen LogP) is 4.32. The maximum atomic E-state index is 12.1. The van der Waals surface area contributed by atoms with Gasteiger partial charge in [-0.15, -0.1) is 24.5 Å². The molecule has 1 heterocycles. The summed E-state index contributed by atoms with van der Waals surface area (Å²) in [4.78, 5) is 25.6. The molecule has 0 spiro atoms. The average molecular weight is 399 g/mol. The summed E-state index contributed by atoms with van der Waals surface area (Å²) < 4.78 is 45.1. The van der Waals surface area contributed by atoms with Gasteiger partial charge in [0, 0.05) is 10.6 Å². The molecule has 2 aromatic rings. The van der Waals surface area contributed by atoms with E-state index in [1.807, 2.05) is 6.07 Å². The van der Waals surface area contributed by atoms with Crippen molar-refractivity contribution < 1.29 is 32.2 Å². The number of carbonyl (C=O) groups is 2. The fourth-order valence-corrected chi connectivity index (χ4v) is 3.88. The summed E-state index contributed by atoms with van der Waals surface area (Å²) in [6, 6.07) is 6.48. The number of rotatable bonds is 5. The second-order valence-corrected chi connectivity index (χ2v) is 7.10. The smallest absolute Gasteiger partial charge is 0.451 e. The Balaban J connectivity index is 1.49. The van der Waals surface area contributed by atoms with E-state index in [0.29, 0.717) is 4.88 Å². The minimum absolute atomic E-state index is 0.261. The highest BCUT2D eigenvalue weighted by molar-refractivity contribution is 7.14. The molecule has 3 rings (SSSR count). The summed E-state index contributed by atoms with van der Waals surface area (Å²) in [6.45, 7) is -0.484. The van der Waals surface area contributed by atoms with Crippen LogP contribution >= 0.6 is 11.3 Å². The first-order valence-electron chi connectivity index (χ1n) is 8.24. The molecule has 5 nitrogen and oxygen atoms in total. The molecule has 1 amide bonds. The summed E-state index contributed by atoms with van der Waals surface area (Å²) in [6.07, 6.45) is -0.653. The second kappa shape index (κ2) is 7.99. The van der Waals surface area contributed by atoms with E-state index in [0.717, 1.165) is 37.8 Å². The first-order valence-corrected chi connectivity index (χ1v) is 9.06. The number of halogens is 3. The number of hydrogen-bond donors (Lipinski definition) is 1. The highest BCUT2D eigenvalue weighted by Crippen LogP contribution is 2.30. The lowest BCUT2D eigenvalue weighted by molar-refractivity contribution is -0.274. The number of amides is 1. The number of aryl methyl sites for hydroxylation is 2. The molecule has 0 fully saturated rings. The lowest BCUT2D eigenvalue weighted by Gasteiger charge is -2.10. The van der Waals surface area contributed by atoms with Crippen LogP contribution in [0.15, 0.2) is 30.3 Å². The van der Waals surface area contributed by atoms with E-state index in [1.165, 1.54) is 33.9 Å². The first kappa shape index (κ1) is 19.2. The normalized spacial score (nSPS) is 13.6. The maximum Gasteiger partial charge on any atom is 0.573 e. The zero-order chi connectivity index (χ0) is 19.4. The molecule has 0 aliphatic heterocycles. The minimum atomic E-state index is -4.78. The van der Waals surface area contributed by atoms with Crippen LogP contribution in [-0.2, 0) is 22.4 Å². The number of alkyl halides is 3. The number of benzene rings is 1. The summed E-state index contributed by atoms with van der Waals surface area (Å²) in [5, 5.41) is 2.44. The van der Waals surface area contributed by atoms with E-state index in [2.05, 4.69) is 10.1 Å². The molecule has 1 N–H and O–H groups in total. The molecule has 1 aromatic heterocycles. The van der Waals surface area contributed by atoms with E-state index in [4.69, 9.17) is 4.74 Å². The maximum absolute atomic E-state index is 12.1. The van der Waals surface area contributed by atoms with Gasteiger partial charge in [-0.1, -0.05) is 0 Å². The number of anilines is 1. The minimum Gasteiger partial charge on any atom is -0.451 e. The van der Waals surface area contributed by atoms with Crippen molar-refractivity contribution in [2.45, 2.75) is 32.0 Å². The number of ether oxygens (including phenoxy) is 2. The van der Waals surface area contributed by atoms with Gasteiger partial charge in [0.2, 0.25) is 0 Å². The molecule has 0 atom stereocenters. The van der Waals surface area contributed by atoms with Crippen molar-refractivity contribution in [1.82, 2.24) is 0 Å². The largest absolute Gasteiger partial charge is 0.573 e. The van der Waals surface area contributed by atoms with E-state index < -0.39 is 30.6 Å². The Labute approximate surface area is 157 Å². The molecule has 144 valence electrons. The summed E-state index contributed by atoms with van der Waals surface area (Å²) >= 11 is 1.39. The van der Waals surface area contributed by atoms with Crippen LogP contribution in [0.25, 0.3) is 0 Å². The standard InChI is InChI=1S/C18H16F3NO4S/c19-18(20,21)26-13-7-5-12(6-8-13)22-16(23)10-25-17(24)15-9-11-3-1-2-4-14(11)27-15/h5-9H,1-4,10H2,(H,22,23). The van der Waals surface area contributed by atoms with Gasteiger partial charge in [0.05, 0.1) is 0 Å². The topological polar surface area (TPSA) is 64.6 Å². The molecule has 0 saturated carbocycles. The average Bonchev–Trinajstić information content (AvgIpc) is 3.04. The monoisotopic (exact) mass is 399 g/mol. The van der Waals surface area contributed by atoms with Crippen LogP contribution in [0.5, 0.6) is 5.75 Å². The Morgan fingerprint density at radius 3 is 2.48 bits per heavy atom. The fourth-order valence-electron chi connectivity index (χ4n) is 2.73. The zero-order valence-electron chi connectivity index (χ0n) is 14.1. The Morgan fingerprint density at radius 1 is 1.11 bits per heavy atom. The van der Waals surface area contributed by atoms with Crippen LogP contribution in [0.2, 0.25) is 0 Å². The lowest BCUT2D eigenvalue weighted by atomic mass is 9.99. The number of carbonyl (C=O) groups excluding carboxylic acids is 2. The molecular weight excluding hydrogens is 383 g/mol. The summed E-state index contributed by atoms with van der Waals surface area (Å²) in [7, 11) is 0. The third-order valence-corrected chi connectivity index (χ3v) is 5.12. The summed E-state index contributed by atoms with van der Waals surface area (Å²) in [5.74, 6) is -1.54. The van der Waals surface area contributed by atoms with Gasteiger partial charge in [-0.05, 0) is 61.6 Å². The van der Waals surface area contributed by atoms with Crippen molar-refractivity contribution in [3.05, 3.63) is 45.6 Å². The third kappa shape index (κ3) is 5.46. The molecule has 0 saturated heterocycles. The molecule has 1 aliphatic carbocycles. The van der Waals surface area contributed by atoms with Crippen molar-refractivity contribution >= 4 is 28.9 Å². The third-order valence-electron chi connectivity index (χ3n) is 3.90. The zero-order valence-corrected chi connectivity index (χ0v) is 14.9. The number of thiophene rings is 1. The molecule has 0 unspecified atom stereocenters. The van der Waals surface area contributed by atoms with Crippen LogP contribution in [0, 0.1) is 0 Å². The van der Waals surface area contributed by atoms with Gasteiger partial charge in [-0.3, -0.25) is 4.79 Å². The van der Waals surface area contributed by atoms with Crippen LogP contribution in [-0.4, -0.2) is 24.8 Å². The number of hydrogen-bond acceptors (Lipinski definition) is 5. The quantitative estimate of drug-likeness (QED) is 0.761. The molecular formula is C18H16F3NO4S. The second-order valence-electron chi connectivity index (χ2n) is 5.96. The first-order chi connectivity index (χ1) is 12.8. The van der Waals surface area contributed by atoms with Crippen molar-refractivity contribution in [3.63, 3.8) is 0 Å². The molecule has 1 aromatic carbocycles. The van der Waals surface area contributed by atoms with Gasteiger partial charge in [-0.25, -0.2) is 4.79 Å². The van der Waals surface area contributed by atoms with E-state index in [9.17, 15) is 22.8 Å². The van der Waals surface area contributed by atoms with Gasteiger partial charge < -0.3 is 14.8 Å². The highest BCUT2D eigenvalue weighted by atomic mass is 32.1. The number of esters is 1. The van der Waals surface area contributed by atoms with Gasteiger partial charge in [-0.2, -0.15) is 0 Å². The molecule has 27 heavy (non-hydrogen) atoms. The van der Waals surface area contributed by atoms with Crippen molar-refractivity contribution in [3.8, 4) is 5.75 Å². The Hall–Kier alpha value is -2.55. The Kier molecular flexibility index (Phi) is 5.69. The molecule has 1 aliphatic rings. The van der Waals surface area contributed by atoms with Gasteiger partial charge >= 0.3 is 12.3 Å². The van der Waals surface area contributed by atoms with Crippen molar-refractivity contribution in [2.24, 2.45) is 0 Å². The van der Waals surface area contributed by atoms with Gasteiger partial charge in [0.15, 0.2) is 6.61 Å². The van der Waals surface area contributed by atoms with E-state index >= 15 is 0 Å². The van der Waals surface area contributed by atoms with Crippen LogP contribution in [0.3, 0.4) is 0 Å². The number of nitrogens with one attached hydrogen (secondary N) is 1. The fraction of sp³-hybridized carbons (Fsp3) is 0.333. The Morgan fingerprint density at radius 2 is 1.81 bits per heavy atom. The van der Waals surface area contributed by atoms with Crippen LogP contribution in [0.4, 0.5) is 18.9 Å². The predicted molar refractivity (Wildman–Crippen MR) is 93.0 cm³/mol. The SMILES string of the molecule is O=C(COC(=O)c1cc2c(s1)CCCC2)Nc1ccc(OC(F)(F)F)cc1. The van der Waals surface area contributed by atoms with E-state index in [1.54, 1.807) is 0 Å². The summed E-state index contributed by atoms with van der Waals surface area (Å²) in [5.41, 5.74) is 1.43. The lowest BCUT2D eigenvalue weighted by Crippen LogP contribution is -2.20.